The van der Waals surface area contributed by atoms with Gasteiger partial charge in [-0.1, -0.05) is 12.1 Å². The Bertz CT molecular complexity index is 634. The molecule has 2 aromatic carbocycles. The second-order valence-corrected chi connectivity index (χ2v) is 4.03. The SMILES string of the molecule is COc1ccc(F)cc1C(O)c1cccc(C#N)c1. The highest BCUT2D eigenvalue weighted by Gasteiger charge is 2.16. The first-order valence-electron chi connectivity index (χ1n) is 5.67. The number of nitriles is 1. The van der Waals surface area contributed by atoms with Crippen molar-refractivity contribution in [2.75, 3.05) is 7.11 Å². The van der Waals surface area contributed by atoms with Crippen molar-refractivity contribution >= 4 is 0 Å². The molecule has 0 amide bonds. The van der Waals surface area contributed by atoms with Crippen molar-refractivity contribution in [3.8, 4) is 11.8 Å². The summed E-state index contributed by atoms with van der Waals surface area (Å²) in [5.74, 6) is -0.0532. The molecule has 2 aromatic rings. The molecule has 0 aromatic heterocycles. The monoisotopic (exact) mass is 257 g/mol. The van der Waals surface area contributed by atoms with Crippen molar-refractivity contribution in [2.24, 2.45) is 0 Å². The third-order valence-corrected chi connectivity index (χ3v) is 2.82. The molecule has 96 valence electrons. The third-order valence-electron chi connectivity index (χ3n) is 2.82. The zero-order valence-corrected chi connectivity index (χ0v) is 10.3. The predicted octanol–water partition coefficient (Wildman–Crippen LogP) is 2.79. The van der Waals surface area contributed by atoms with Crippen LogP contribution in [0.15, 0.2) is 42.5 Å². The summed E-state index contributed by atoms with van der Waals surface area (Å²) in [6.45, 7) is 0. The van der Waals surface area contributed by atoms with E-state index in [1.54, 1.807) is 24.3 Å². The average Bonchev–Trinajstić information content (AvgIpc) is 2.46. The highest BCUT2D eigenvalue weighted by Crippen LogP contribution is 2.30. The van der Waals surface area contributed by atoms with Crippen molar-refractivity contribution in [2.45, 2.75) is 6.10 Å². The van der Waals surface area contributed by atoms with Crippen LogP contribution >= 0.6 is 0 Å². The Morgan fingerprint density at radius 2 is 2.05 bits per heavy atom. The number of ether oxygens (including phenoxy) is 1. The van der Waals surface area contributed by atoms with Crippen LogP contribution in [0.5, 0.6) is 5.75 Å². The number of halogens is 1. The number of aliphatic hydroxyl groups excluding tert-OH is 1. The van der Waals surface area contributed by atoms with E-state index in [0.717, 1.165) is 0 Å². The number of aliphatic hydroxyl groups is 1. The Hall–Kier alpha value is -2.38. The molecule has 4 heteroatoms. The standard InChI is InChI=1S/C15H12FNO2/c1-19-14-6-5-12(16)8-13(14)15(18)11-4-2-3-10(7-11)9-17/h2-8,15,18H,1H3. The maximum absolute atomic E-state index is 13.3. The van der Waals surface area contributed by atoms with E-state index in [9.17, 15) is 9.50 Å². The maximum atomic E-state index is 13.3. The highest BCUT2D eigenvalue weighted by atomic mass is 19.1. The quantitative estimate of drug-likeness (QED) is 0.919. The Morgan fingerprint density at radius 3 is 2.74 bits per heavy atom. The second kappa shape index (κ2) is 5.51. The fraction of sp³-hybridized carbons (Fsp3) is 0.133. The molecule has 0 aliphatic carbocycles. The summed E-state index contributed by atoms with van der Waals surface area (Å²) < 4.78 is 18.4. The van der Waals surface area contributed by atoms with Gasteiger partial charge in [0.25, 0.3) is 0 Å². The van der Waals surface area contributed by atoms with Crippen LogP contribution in [0.4, 0.5) is 4.39 Å². The van der Waals surface area contributed by atoms with Gasteiger partial charge in [-0.2, -0.15) is 5.26 Å². The molecule has 0 saturated heterocycles. The van der Waals surface area contributed by atoms with Gasteiger partial charge in [-0.3, -0.25) is 0 Å². The summed E-state index contributed by atoms with van der Waals surface area (Å²) in [6, 6.07) is 12.5. The summed E-state index contributed by atoms with van der Waals surface area (Å²) in [7, 11) is 1.45. The zero-order chi connectivity index (χ0) is 13.8. The van der Waals surface area contributed by atoms with Gasteiger partial charge in [0.15, 0.2) is 0 Å². The summed E-state index contributed by atoms with van der Waals surface area (Å²) in [4.78, 5) is 0. The topological polar surface area (TPSA) is 53.2 Å². The lowest BCUT2D eigenvalue weighted by molar-refractivity contribution is 0.214. The van der Waals surface area contributed by atoms with Gasteiger partial charge in [-0.25, -0.2) is 4.39 Å². The largest absolute Gasteiger partial charge is 0.496 e. The summed E-state index contributed by atoms with van der Waals surface area (Å²) in [6.07, 6.45) is -1.04. The fourth-order valence-electron chi connectivity index (χ4n) is 1.88. The Balaban J connectivity index is 2.46. The normalized spacial score (nSPS) is 11.7. The zero-order valence-electron chi connectivity index (χ0n) is 10.3. The van der Waals surface area contributed by atoms with E-state index in [4.69, 9.17) is 10.00 Å². The van der Waals surface area contributed by atoms with Gasteiger partial charge >= 0.3 is 0 Å². The van der Waals surface area contributed by atoms with E-state index in [-0.39, 0.29) is 0 Å². The summed E-state index contributed by atoms with van der Waals surface area (Å²) >= 11 is 0. The third kappa shape index (κ3) is 2.72. The molecule has 0 heterocycles. The number of hydrogen-bond acceptors (Lipinski definition) is 3. The first-order chi connectivity index (χ1) is 9.15. The smallest absolute Gasteiger partial charge is 0.125 e. The number of benzene rings is 2. The van der Waals surface area contributed by atoms with E-state index in [1.807, 2.05) is 6.07 Å². The lowest BCUT2D eigenvalue weighted by atomic mass is 9.99. The number of rotatable bonds is 3. The molecule has 2 rings (SSSR count). The van der Waals surface area contributed by atoms with Gasteiger partial charge in [-0.05, 0) is 35.9 Å². The summed E-state index contributed by atoms with van der Waals surface area (Å²) in [5, 5.41) is 19.1. The van der Waals surface area contributed by atoms with Gasteiger partial charge in [0.05, 0.1) is 18.7 Å². The fourth-order valence-corrected chi connectivity index (χ4v) is 1.88. The van der Waals surface area contributed by atoms with E-state index in [0.29, 0.717) is 22.4 Å². The number of nitrogens with zero attached hydrogens (tertiary/aromatic N) is 1. The molecule has 0 saturated carbocycles. The molecule has 0 bridgehead atoms. The molecule has 0 aliphatic rings. The minimum atomic E-state index is -1.04. The van der Waals surface area contributed by atoms with Gasteiger partial charge in [0, 0.05) is 5.56 Å². The van der Waals surface area contributed by atoms with Crippen LogP contribution in [0, 0.1) is 17.1 Å². The molecule has 1 N–H and O–H groups in total. The molecule has 0 aliphatic heterocycles. The molecule has 3 nitrogen and oxygen atoms in total. The lowest BCUT2D eigenvalue weighted by Gasteiger charge is -2.15. The summed E-state index contributed by atoms with van der Waals surface area (Å²) in [5.41, 5.74) is 1.28. The number of hydrogen-bond donors (Lipinski definition) is 1. The van der Waals surface area contributed by atoms with Crippen molar-refractivity contribution in [1.29, 1.82) is 5.26 Å². The Labute approximate surface area is 110 Å². The van der Waals surface area contributed by atoms with Crippen LogP contribution in [0.2, 0.25) is 0 Å². The molecule has 1 unspecified atom stereocenters. The van der Waals surface area contributed by atoms with E-state index in [1.165, 1.54) is 25.3 Å². The maximum Gasteiger partial charge on any atom is 0.125 e. The lowest BCUT2D eigenvalue weighted by Crippen LogP contribution is -2.03. The molecule has 19 heavy (non-hydrogen) atoms. The average molecular weight is 257 g/mol. The molecule has 1 atom stereocenters. The predicted molar refractivity (Wildman–Crippen MR) is 68.2 cm³/mol. The second-order valence-electron chi connectivity index (χ2n) is 4.03. The van der Waals surface area contributed by atoms with Crippen LogP contribution in [0.25, 0.3) is 0 Å². The van der Waals surface area contributed by atoms with Crippen LogP contribution in [0.3, 0.4) is 0 Å². The van der Waals surface area contributed by atoms with E-state index >= 15 is 0 Å². The van der Waals surface area contributed by atoms with Crippen molar-refractivity contribution in [1.82, 2.24) is 0 Å². The first-order valence-corrected chi connectivity index (χ1v) is 5.67. The van der Waals surface area contributed by atoms with Crippen LogP contribution in [-0.2, 0) is 0 Å². The van der Waals surface area contributed by atoms with Crippen molar-refractivity contribution in [3.63, 3.8) is 0 Å². The van der Waals surface area contributed by atoms with Gasteiger partial charge < -0.3 is 9.84 Å². The van der Waals surface area contributed by atoms with Gasteiger partial charge in [-0.15, -0.1) is 0 Å². The number of methoxy groups -OCH3 is 1. The van der Waals surface area contributed by atoms with Crippen LogP contribution in [-0.4, -0.2) is 12.2 Å². The van der Waals surface area contributed by atoms with Crippen LogP contribution < -0.4 is 4.74 Å². The molecule has 0 spiro atoms. The van der Waals surface area contributed by atoms with E-state index in [2.05, 4.69) is 0 Å². The molecular formula is C15H12FNO2. The first kappa shape index (κ1) is 13.1. The van der Waals surface area contributed by atoms with Crippen LogP contribution in [0.1, 0.15) is 22.8 Å². The van der Waals surface area contributed by atoms with Gasteiger partial charge in [0.1, 0.15) is 17.7 Å². The molecular weight excluding hydrogens is 245 g/mol. The molecule has 0 fully saturated rings. The van der Waals surface area contributed by atoms with E-state index < -0.39 is 11.9 Å². The minimum absolute atomic E-state index is 0.331. The van der Waals surface area contributed by atoms with Gasteiger partial charge in [0.2, 0.25) is 0 Å². The highest BCUT2D eigenvalue weighted by molar-refractivity contribution is 5.43. The molecule has 0 radical (unpaired) electrons. The Kier molecular flexibility index (Phi) is 3.79. The van der Waals surface area contributed by atoms with Crippen molar-refractivity contribution in [3.05, 3.63) is 65.0 Å². The van der Waals surface area contributed by atoms with Crippen molar-refractivity contribution < 1.29 is 14.2 Å². The Morgan fingerprint density at radius 1 is 1.26 bits per heavy atom. The minimum Gasteiger partial charge on any atom is -0.496 e.